The summed E-state index contributed by atoms with van der Waals surface area (Å²) in [7, 11) is 1.90. The maximum Gasteiger partial charge on any atom is 0.155 e. The Hall–Kier alpha value is -1.94. The predicted molar refractivity (Wildman–Crippen MR) is 81.5 cm³/mol. The molecule has 108 valence electrons. The molecule has 0 aromatic carbocycles. The van der Waals surface area contributed by atoms with Crippen LogP contribution in [-0.2, 0) is 0 Å². The van der Waals surface area contributed by atoms with Gasteiger partial charge in [0, 0.05) is 7.05 Å². The largest absolute Gasteiger partial charge is 0.365 e. The SMILES string of the molecule is CN1C2=C(C=C3C=CC=CC31)N=C1C=CC(F)=C(F)C12.Cl. The molecule has 2 aliphatic heterocycles. The monoisotopic (exact) mass is 306 g/mol. The Morgan fingerprint density at radius 3 is 2.76 bits per heavy atom. The van der Waals surface area contributed by atoms with Gasteiger partial charge in [-0.2, -0.15) is 0 Å². The normalized spacial score (nSPS) is 28.8. The molecule has 4 aliphatic rings. The van der Waals surface area contributed by atoms with Crippen LogP contribution in [0, 0.1) is 5.92 Å². The summed E-state index contributed by atoms with van der Waals surface area (Å²) in [5.41, 5.74) is 3.16. The molecule has 0 amide bonds. The molecule has 0 bridgehead atoms. The van der Waals surface area contributed by atoms with Gasteiger partial charge >= 0.3 is 0 Å². The van der Waals surface area contributed by atoms with Gasteiger partial charge in [0.15, 0.2) is 11.7 Å². The number of likely N-dealkylation sites (N-methyl/N-ethyl adjacent to an activating group) is 1. The molecule has 0 N–H and O–H groups in total. The van der Waals surface area contributed by atoms with E-state index < -0.39 is 17.6 Å². The zero-order chi connectivity index (χ0) is 13.9. The van der Waals surface area contributed by atoms with Gasteiger partial charge < -0.3 is 4.90 Å². The van der Waals surface area contributed by atoms with Crippen LogP contribution in [0.25, 0.3) is 0 Å². The van der Waals surface area contributed by atoms with Crippen molar-refractivity contribution in [3.8, 4) is 0 Å². The van der Waals surface area contributed by atoms with E-state index in [1.807, 2.05) is 42.3 Å². The zero-order valence-corrected chi connectivity index (χ0v) is 12.1. The lowest BCUT2D eigenvalue weighted by Gasteiger charge is -2.36. The van der Waals surface area contributed by atoms with Crippen LogP contribution in [0.2, 0.25) is 0 Å². The van der Waals surface area contributed by atoms with Crippen LogP contribution < -0.4 is 0 Å². The third-order valence-electron chi connectivity index (χ3n) is 4.10. The van der Waals surface area contributed by atoms with Crippen molar-refractivity contribution in [2.75, 3.05) is 7.05 Å². The third kappa shape index (κ3) is 1.86. The molecule has 4 rings (SSSR count). The van der Waals surface area contributed by atoms with Crippen molar-refractivity contribution in [1.82, 2.24) is 4.90 Å². The molecule has 0 aromatic rings. The van der Waals surface area contributed by atoms with Crippen LogP contribution in [0.5, 0.6) is 0 Å². The lowest BCUT2D eigenvalue weighted by Crippen LogP contribution is -2.37. The molecular weight excluding hydrogens is 294 g/mol. The highest BCUT2D eigenvalue weighted by Crippen LogP contribution is 2.43. The molecule has 2 unspecified atom stereocenters. The highest BCUT2D eigenvalue weighted by molar-refractivity contribution is 6.05. The van der Waals surface area contributed by atoms with Crippen molar-refractivity contribution in [1.29, 1.82) is 0 Å². The molecule has 0 fully saturated rings. The van der Waals surface area contributed by atoms with E-state index in [2.05, 4.69) is 4.99 Å². The van der Waals surface area contributed by atoms with E-state index in [-0.39, 0.29) is 18.4 Å². The minimum Gasteiger partial charge on any atom is -0.365 e. The first-order chi connectivity index (χ1) is 9.66. The van der Waals surface area contributed by atoms with Crippen molar-refractivity contribution in [2.45, 2.75) is 6.04 Å². The van der Waals surface area contributed by atoms with E-state index in [9.17, 15) is 8.78 Å². The molecule has 0 radical (unpaired) electrons. The molecule has 5 heteroatoms. The van der Waals surface area contributed by atoms with E-state index in [4.69, 9.17) is 0 Å². The number of halogens is 3. The van der Waals surface area contributed by atoms with Crippen LogP contribution in [-0.4, -0.2) is 23.7 Å². The minimum atomic E-state index is -0.801. The van der Waals surface area contributed by atoms with E-state index in [1.165, 1.54) is 0 Å². The summed E-state index contributed by atoms with van der Waals surface area (Å²) < 4.78 is 27.7. The second-order valence-corrected chi connectivity index (χ2v) is 5.21. The standard InChI is InChI=1S/C16H12F2N2.ClH/c1-20-13-5-3-2-4-9(13)8-12-16(20)14-11(19-12)7-6-10(17)15(14)18;/h2-8,13-14H,1H3;1H. The molecule has 21 heavy (non-hydrogen) atoms. The predicted octanol–water partition coefficient (Wildman–Crippen LogP) is 3.78. The summed E-state index contributed by atoms with van der Waals surface area (Å²) >= 11 is 0. The van der Waals surface area contributed by atoms with Crippen LogP contribution in [0.4, 0.5) is 8.78 Å². The van der Waals surface area contributed by atoms with Crippen molar-refractivity contribution in [2.24, 2.45) is 10.9 Å². The Labute approximate surface area is 127 Å². The van der Waals surface area contributed by atoms with Gasteiger partial charge in [0.25, 0.3) is 0 Å². The van der Waals surface area contributed by atoms with Crippen molar-refractivity contribution < 1.29 is 8.78 Å². The summed E-state index contributed by atoms with van der Waals surface area (Å²) in [6, 6.07) is 0.0649. The number of nitrogens with zero attached hydrogens (tertiary/aromatic N) is 2. The number of hydrogen-bond acceptors (Lipinski definition) is 2. The number of aliphatic imine (C=N–C) groups is 1. The van der Waals surface area contributed by atoms with Crippen LogP contribution >= 0.6 is 12.4 Å². The quantitative estimate of drug-likeness (QED) is 0.665. The Balaban J connectivity index is 0.00000132. The Bertz CT molecular complexity index is 723. The second-order valence-electron chi connectivity index (χ2n) is 5.21. The maximum atomic E-state index is 14.2. The van der Waals surface area contributed by atoms with E-state index in [0.717, 1.165) is 23.0 Å². The summed E-state index contributed by atoms with van der Waals surface area (Å²) in [6.07, 6.45) is 12.7. The fraction of sp³-hybridized carbons (Fsp3) is 0.188. The van der Waals surface area contributed by atoms with E-state index in [1.54, 1.807) is 6.08 Å². The summed E-state index contributed by atoms with van der Waals surface area (Å²) in [5.74, 6) is -2.24. The molecule has 0 aromatic heterocycles. The Kier molecular flexibility index (Phi) is 3.21. The first kappa shape index (κ1) is 14.0. The summed E-state index contributed by atoms with van der Waals surface area (Å²) in [4.78, 5) is 6.43. The fourth-order valence-electron chi connectivity index (χ4n) is 3.14. The minimum absolute atomic E-state index is 0. The lowest BCUT2D eigenvalue weighted by atomic mass is 9.88. The molecule has 2 aliphatic carbocycles. The van der Waals surface area contributed by atoms with Gasteiger partial charge in [0.1, 0.15) is 0 Å². The lowest BCUT2D eigenvalue weighted by molar-refractivity contribution is 0.347. The van der Waals surface area contributed by atoms with Gasteiger partial charge in [-0.3, -0.25) is 4.99 Å². The molecule has 2 nitrogen and oxygen atoms in total. The number of allylic oxidation sites excluding steroid dienone is 7. The second kappa shape index (κ2) is 4.81. The maximum absolute atomic E-state index is 14.2. The van der Waals surface area contributed by atoms with Crippen molar-refractivity contribution >= 4 is 18.1 Å². The fourth-order valence-corrected chi connectivity index (χ4v) is 3.14. The van der Waals surface area contributed by atoms with Crippen LogP contribution in [0.15, 0.2) is 76.1 Å². The van der Waals surface area contributed by atoms with Gasteiger partial charge in [0.2, 0.25) is 0 Å². The molecule has 2 atom stereocenters. The van der Waals surface area contributed by atoms with E-state index >= 15 is 0 Å². The van der Waals surface area contributed by atoms with Gasteiger partial charge in [0.05, 0.1) is 29.1 Å². The van der Waals surface area contributed by atoms with E-state index in [0.29, 0.717) is 5.71 Å². The Morgan fingerprint density at radius 1 is 1.14 bits per heavy atom. The Morgan fingerprint density at radius 2 is 1.95 bits per heavy atom. The van der Waals surface area contributed by atoms with Gasteiger partial charge in [-0.25, -0.2) is 8.78 Å². The first-order valence-electron chi connectivity index (χ1n) is 6.52. The molecule has 0 saturated carbocycles. The average Bonchev–Trinajstić information content (AvgIpc) is 2.82. The molecule has 0 spiro atoms. The molecular formula is C16H13ClF2N2. The molecule has 2 heterocycles. The van der Waals surface area contributed by atoms with Crippen LogP contribution in [0.1, 0.15) is 0 Å². The van der Waals surface area contributed by atoms with Gasteiger partial charge in [-0.05, 0) is 23.8 Å². The van der Waals surface area contributed by atoms with Crippen molar-refractivity contribution in [3.05, 3.63) is 71.2 Å². The van der Waals surface area contributed by atoms with Crippen LogP contribution in [0.3, 0.4) is 0 Å². The number of rotatable bonds is 0. The summed E-state index contributed by atoms with van der Waals surface area (Å²) in [5, 5.41) is 0. The van der Waals surface area contributed by atoms with Crippen molar-refractivity contribution in [3.63, 3.8) is 0 Å². The third-order valence-corrected chi connectivity index (χ3v) is 4.10. The van der Waals surface area contributed by atoms with Gasteiger partial charge in [-0.1, -0.05) is 24.3 Å². The number of hydrogen-bond donors (Lipinski definition) is 0. The molecule has 0 saturated heterocycles. The zero-order valence-electron chi connectivity index (χ0n) is 11.3. The highest BCUT2D eigenvalue weighted by Gasteiger charge is 2.41. The summed E-state index contributed by atoms with van der Waals surface area (Å²) in [6.45, 7) is 0. The van der Waals surface area contributed by atoms with Gasteiger partial charge in [-0.15, -0.1) is 12.4 Å². The first-order valence-corrected chi connectivity index (χ1v) is 6.52. The smallest absolute Gasteiger partial charge is 0.155 e. The number of fused-ring (bicyclic) bond motifs is 3. The average molecular weight is 307 g/mol. The highest BCUT2D eigenvalue weighted by atomic mass is 35.5. The topological polar surface area (TPSA) is 15.6 Å².